The van der Waals surface area contributed by atoms with Crippen LogP contribution in [0.5, 0.6) is 0 Å². The van der Waals surface area contributed by atoms with E-state index in [0.717, 1.165) is 11.1 Å². The number of rotatable bonds is 3. The molecule has 1 N–H and O–H groups in total. The lowest BCUT2D eigenvalue weighted by Crippen LogP contribution is -2.23. The number of hydrogen-bond acceptors (Lipinski definition) is 1. The van der Waals surface area contributed by atoms with Crippen molar-refractivity contribution in [3.8, 4) is 0 Å². The van der Waals surface area contributed by atoms with Crippen LogP contribution in [0.2, 0.25) is 0 Å². The third-order valence-corrected chi connectivity index (χ3v) is 2.85. The molecule has 84 valence electrons. The normalized spacial score (nSPS) is 13.3. The summed E-state index contributed by atoms with van der Waals surface area (Å²) in [5.41, 5.74) is 3.29. The van der Waals surface area contributed by atoms with Crippen molar-refractivity contribution in [3.63, 3.8) is 0 Å². The molecule has 1 aromatic rings. The van der Waals surface area contributed by atoms with E-state index in [1.807, 2.05) is 20.9 Å². The van der Waals surface area contributed by atoms with Gasteiger partial charge in [0, 0.05) is 6.04 Å². The fraction of sp³-hybridized carbons (Fsp3) is 0.538. The van der Waals surface area contributed by atoms with Crippen LogP contribution in [0.15, 0.2) is 12.1 Å². The quantitative estimate of drug-likeness (QED) is 0.805. The third kappa shape index (κ3) is 2.57. The van der Waals surface area contributed by atoms with Gasteiger partial charge in [0.2, 0.25) is 0 Å². The Hall–Kier alpha value is -0.890. The smallest absolute Gasteiger partial charge is 0.123 e. The van der Waals surface area contributed by atoms with E-state index in [2.05, 4.69) is 19.2 Å². The average Bonchev–Trinajstić information content (AvgIpc) is 2.09. The van der Waals surface area contributed by atoms with Gasteiger partial charge in [-0.2, -0.15) is 0 Å². The van der Waals surface area contributed by atoms with Crippen molar-refractivity contribution in [1.82, 2.24) is 5.32 Å². The van der Waals surface area contributed by atoms with Crippen LogP contribution in [0, 0.1) is 25.6 Å². The highest BCUT2D eigenvalue weighted by Crippen LogP contribution is 2.28. The van der Waals surface area contributed by atoms with Gasteiger partial charge in [0.25, 0.3) is 0 Å². The summed E-state index contributed by atoms with van der Waals surface area (Å²) in [6.07, 6.45) is 0. The third-order valence-electron chi connectivity index (χ3n) is 2.85. The van der Waals surface area contributed by atoms with Gasteiger partial charge in [0.15, 0.2) is 0 Å². The molecule has 0 fully saturated rings. The molecule has 0 saturated heterocycles. The summed E-state index contributed by atoms with van der Waals surface area (Å²) in [4.78, 5) is 0. The molecule has 0 amide bonds. The second-order valence-electron chi connectivity index (χ2n) is 4.46. The molecule has 0 radical (unpaired) electrons. The molecule has 15 heavy (non-hydrogen) atoms. The van der Waals surface area contributed by atoms with Crippen LogP contribution in [-0.2, 0) is 0 Å². The first-order valence-electron chi connectivity index (χ1n) is 5.41. The number of nitrogens with one attached hydrogen (secondary N) is 1. The molecule has 1 nitrogen and oxygen atoms in total. The maximum atomic E-state index is 13.2. The van der Waals surface area contributed by atoms with Crippen LogP contribution in [0.3, 0.4) is 0 Å². The van der Waals surface area contributed by atoms with Gasteiger partial charge in [0.1, 0.15) is 5.82 Å². The first kappa shape index (κ1) is 12.2. The summed E-state index contributed by atoms with van der Waals surface area (Å²) < 4.78 is 13.2. The standard InChI is InChI=1S/C13H20FN/c1-8(2)13(15-5)12-9(3)6-11(14)7-10(12)4/h6-8,13,15H,1-5H3. The van der Waals surface area contributed by atoms with Crippen LogP contribution in [0.1, 0.15) is 36.6 Å². The van der Waals surface area contributed by atoms with Gasteiger partial charge < -0.3 is 5.32 Å². The van der Waals surface area contributed by atoms with Gasteiger partial charge in [-0.15, -0.1) is 0 Å². The Morgan fingerprint density at radius 1 is 1.13 bits per heavy atom. The lowest BCUT2D eigenvalue weighted by atomic mass is 9.89. The van der Waals surface area contributed by atoms with Gasteiger partial charge in [-0.1, -0.05) is 13.8 Å². The first-order valence-corrected chi connectivity index (χ1v) is 5.41. The topological polar surface area (TPSA) is 12.0 Å². The highest BCUT2D eigenvalue weighted by atomic mass is 19.1. The van der Waals surface area contributed by atoms with Gasteiger partial charge in [-0.25, -0.2) is 4.39 Å². The molecular formula is C13H20FN. The van der Waals surface area contributed by atoms with Crippen molar-refractivity contribution in [1.29, 1.82) is 0 Å². The fourth-order valence-corrected chi connectivity index (χ4v) is 2.22. The zero-order valence-electron chi connectivity index (χ0n) is 10.2. The lowest BCUT2D eigenvalue weighted by Gasteiger charge is -2.24. The summed E-state index contributed by atoms with van der Waals surface area (Å²) in [6.45, 7) is 8.28. The Labute approximate surface area is 91.7 Å². The predicted molar refractivity (Wildman–Crippen MR) is 62.5 cm³/mol. The first-order chi connectivity index (χ1) is 6.97. The van der Waals surface area contributed by atoms with Crippen molar-refractivity contribution in [2.75, 3.05) is 7.05 Å². The van der Waals surface area contributed by atoms with E-state index in [9.17, 15) is 4.39 Å². The Kier molecular flexibility index (Phi) is 3.86. The van der Waals surface area contributed by atoms with Crippen molar-refractivity contribution in [2.24, 2.45) is 5.92 Å². The maximum Gasteiger partial charge on any atom is 0.123 e. The van der Waals surface area contributed by atoms with Gasteiger partial charge in [0.05, 0.1) is 0 Å². The minimum Gasteiger partial charge on any atom is -0.313 e. The molecule has 0 bridgehead atoms. The number of halogens is 1. The second kappa shape index (κ2) is 4.75. The van der Waals surface area contributed by atoms with Crippen LogP contribution < -0.4 is 5.32 Å². The summed E-state index contributed by atoms with van der Waals surface area (Å²) in [6, 6.07) is 3.51. The number of aryl methyl sites for hydroxylation is 2. The molecule has 0 heterocycles. The molecule has 0 spiro atoms. The van der Waals surface area contributed by atoms with E-state index in [1.54, 1.807) is 12.1 Å². The number of benzene rings is 1. The second-order valence-corrected chi connectivity index (χ2v) is 4.46. The zero-order chi connectivity index (χ0) is 11.6. The largest absolute Gasteiger partial charge is 0.313 e. The van der Waals surface area contributed by atoms with E-state index in [1.165, 1.54) is 5.56 Å². The SMILES string of the molecule is CNC(c1c(C)cc(F)cc1C)C(C)C. The minimum absolute atomic E-state index is 0.146. The van der Waals surface area contributed by atoms with E-state index < -0.39 is 0 Å². The average molecular weight is 209 g/mol. The monoisotopic (exact) mass is 209 g/mol. The van der Waals surface area contributed by atoms with Crippen molar-refractivity contribution in [3.05, 3.63) is 34.6 Å². The van der Waals surface area contributed by atoms with Crippen molar-refractivity contribution < 1.29 is 4.39 Å². The summed E-state index contributed by atoms with van der Waals surface area (Å²) in [7, 11) is 1.95. The van der Waals surface area contributed by atoms with Crippen LogP contribution in [0.4, 0.5) is 4.39 Å². The lowest BCUT2D eigenvalue weighted by molar-refractivity contribution is 0.438. The molecule has 0 aliphatic carbocycles. The van der Waals surface area contributed by atoms with E-state index in [0.29, 0.717) is 12.0 Å². The zero-order valence-corrected chi connectivity index (χ0v) is 10.2. The van der Waals surface area contributed by atoms with Gasteiger partial charge in [-0.3, -0.25) is 0 Å². The maximum absolute atomic E-state index is 13.2. The van der Waals surface area contributed by atoms with E-state index in [4.69, 9.17) is 0 Å². The Bertz CT molecular complexity index is 321. The Morgan fingerprint density at radius 2 is 1.60 bits per heavy atom. The van der Waals surface area contributed by atoms with E-state index >= 15 is 0 Å². The number of hydrogen-bond donors (Lipinski definition) is 1. The molecule has 0 aromatic heterocycles. The molecule has 0 saturated carbocycles. The summed E-state index contributed by atoms with van der Waals surface area (Å²) in [5.74, 6) is 0.352. The van der Waals surface area contributed by atoms with Crippen LogP contribution >= 0.6 is 0 Å². The van der Waals surface area contributed by atoms with E-state index in [-0.39, 0.29) is 5.82 Å². The molecule has 1 aromatic carbocycles. The molecular weight excluding hydrogens is 189 g/mol. The predicted octanol–water partition coefficient (Wildman–Crippen LogP) is 3.36. The molecule has 0 aliphatic heterocycles. The Balaban J connectivity index is 3.23. The Morgan fingerprint density at radius 3 is 1.93 bits per heavy atom. The van der Waals surface area contributed by atoms with Gasteiger partial charge >= 0.3 is 0 Å². The fourth-order valence-electron chi connectivity index (χ4n) is 2.22. The minimum atomic E-state index is -0.146. The van der Waals surface area contributed by atoms with Crippen molar-refractivity contribution in [2.45, 2.75) is 33.7 Å². The van der Waals surface area contributed by atoms with Crippen LogP contribution in [0.25, 0.3) is 0 Å². The molecule has 1 unspecified atom stereocenters. The molecule has 1 atom stereocenters. The highest BCUT2D eigenvalue weighted by Gasteiger charge is 2.18. The molecule has 1 rings (SSSR count). The summed E-state index contributed by atoms with van der Waals surface area (Å²) >= 11 is 0. The van der Waals surface area contributed by atoms with Crippen molar-refractivity contribution >= 4 is 0 Å². The molecule has 2 heteroatoms. The van der Waals surface area contributed by atoms with Gasteiger partial charge in [-0.05, 0) is 55.6 Å². The summed E-state index contributed by atoms with van der Waals surface area (Å²) in [5, 5.41) is 3.30. The van der Waals surface area contributed by atoms with Crippen LogP contribution in [-0.4, -0.2) is 7.05 Å². The molecule has 0 aliphatic rings. The highest BCUT2D eigenvalue weighted by molar-refractivity contribution is 5.37.